The van der Waals surface area contributed by atoms with Gasteiger partial charge in [0.05, 0.1) is 6.61 Å². The summed E-state index contributed by atoms with van der Waals surface area (Å²) >= 11 is 0. The summed E-state index contributed by atoms with van der Waals surface area (Å²) in [6.45, 7) is 7.80. The first kappa shape index (κ1) is 18.5. The molecule has 5 nitrogen and oxygen atoms in total. The van der Waals surface area contributed by atoms with Crippen LogP contribution in [-0.4, -0.2) is 35.7 Å². The zero-order valence-corrected chi connectivity index (χ0v) is 17.2. The van der Waals surface area contributed by atoms with E-state index in [4.69, 9.17) is 18.9 Å². The average molecular weight is 392 g/mol. The number of hydrogen-bond donors (Lipinski definition) is 0. The van der Waals surface area contributed by atoms with Gasteiger partial charge in [-0.25, -0.2) is 4.98 Å². The molecule has 29 heavy (non-hydrogen) atoms. The number of ether oxygens (including phenoxy) is 2. The highest BCUT2D eigenvalue weighted by Crippen LogP contribution is 2.37. The summed E-state index contributed by atoms with van der Waals surface area (Å²) in [5.41, 5.74) is 4.33. The van der Waals surface area contributed by atoms with E-state index in [0.717, 1.165) is 67.4 Å². The van der Waals surface area contributed by atoms with Gasteiger partial charge in [0.2, 0.25) is 0 Å². The summed E-state index contributed by atoms with van der Waals surface area (Å²) < 4.78 is 17.9. The first-order valence-corrected chi connectivity index (χ1v) is 10.7. The summed E-state index contributed by atoms with van der Waals surface area (Å²) in [5, 5.41) is 0. The molecule has 1 aromatic heterocycles. The lowest BCUT2D eigenvalue weighted by atomic mass is 9.96. The normalized spacial score (nSPS) is 20.0. The highest BCUT2D eigenvalue weighted by molar-refractivity contribution is 5.72. The molecule has 0 radical (unpaired) electrons. The Kier molecular flexibility index (Phi) is 4.92. The Morgan fingerprint density at radius 3 is 2.79 bits per heavy atom. The quantitative estimate of drug-likeness (QED) is 0.616. The zero-order chi connectivity index (χ0) is 19.8. The van der Waals surface area contributed by atoms with E-state index in [1.54, 1.807) is 0 Å². The number of benzene rings is 2. The smallest absolute Gasteiger partial charge is 0.198 e. The highest BCUT2D eigenvalue weighted by Gasteiger charge is 2.27. The van der Waals surface area contributed by atoms with Crippen LogP contribution in [0.1, 0.15) is 49.6 Å². The van der Waals surface area contributed by atoms with Crippen LogP contribution in [0.25, 0.3) is 11.1 Å². The van der Waals surface area contributed by atoms with Gasteiger partial charge >= 0.3 is 0 Å². The Morgan fingerprint density at radius 2 is 2.00 bits per heavy atom. The third-order valence-corrected chi connectivity index (χ3v) is 6.02. The van der Waals surface area contributed by atoms with Crippen LogP contribution >= 0.6 is 0 Å². The number of oxazole rings is 1. The molecule has 1 fully saturated rings. The standard InChI is InChI=1S/C24H28N2O3/c1-3-27-22-13-18-12-16(2)28-23(18)14-19(22)15-26-10-8-17(9-11-26)24-25-20-6-4-5-7-21(20)29-24/h4-7,13-14,16-17H,3,8-12,15H2,1-2H3. The topological polar surface area (TPSA) is 47.7 Å². The summed E-state index contributed by atoms with van der Waals surface area (Å²) in [6.07, 6.45) is 3.35. The van der Waals surface area contributed by atoms with E-state index >= 15 is 0 Å². The van der Waals surface area contributed by atoms with Gasteiger partial charge in [-0.2, -0.15) is 0 Å². The van der Waals surface area contributed by atoms with Crippen molar-refractivity contribution in [3.63, 3.8) is 0 Å². The van der Waals surface area contributed by atoms with Crippen LogP contribution in [0.3, 0.4) is 0 Å². The van der Waals surface area contributed by atoms with Crippen molar-refractivity contribution in [2.24, 2.45) is 0 Å². The third-order valence-electron chi connectivity index (χ3n) is 6.02. The molecule has 2 aliphatic heterocycles. The number of piperidine rings is 1. The maximum absolute atomic E-state index is 6.01. The fourth-order valence-corrected chi connectivity index (χ4v) is 4.54. The van der Waals surface area contributed by atoms with E-state index in [1.165, 1.54) is 11.1 Å². The Hall–Kier alpha value is -2.53. The van der Waals surface area contributed by atoms with E-state index in [-0.39, 0.29) is 6.10 Å². The lowest BCUT2D eigenvalue weighted by Crippen LogP contribution is -2.32. The predicted molar refractivity (Wildman–Crippen MR) is 113 cm³/mol. The SMILES string of the molecule is CCOc1cc2c(cc1CN1CCC(c3nc4ccccc4o3)CC1)OC(C)C2. The van der Waals surface area contributed by atoms with Gasteiger partial charge in [0.25, 0.3) is 0 Å². The molecule has 5 heteroatoms. The average Bonchev–Trinajstić information content (AvgIpc) is 3.31. The second-order valence-corrected chi connectivity index (χ2v) is 8.20. The molecule has 2 aliphatic rings. The summed E-state index contributed by atoms with van der Waals surface area (Å²) in [6, 6.07) is 12.4. The van der Waals surface area contributed by atoms with Crippen molar-refractivity contribution in [2.45, 2.75) is 51.7 Å². The van der Waals surface area contributed by atoms with Crippen LogP contribution in [0.5, 0.6) is 11.5 Å². The first-order valence-electron chi connectivity index (χ1n) is 10.7. The zero-order valence-electron chi connectivity index (χ0n) is 17.2. The first-order chi connectivity index (χ1) is 14.2. The van der Waals surface area contributed by atoms with Crippen molar-refractivity contribution in [2.75, 3.05) is 19.7 Å². The van der Waals surface area contributed by atoms with Crippen LogP contribution in [0, 0.1) is 0 Å². The minimum Gasteiger partial charge on any atom is -0.494 e. The molecule has 152 valence electrons. The van der Waals surface area contributed by atoms with Gasteiger partial charge in [-0.15, -0.1) is 0 Å². The number of hydrogen-bond acceptors (Lipinski definition) is 5. The van der Waals surface area contributed by atoms with E-state index in [0.29, 0.717) is 12.5 Å². The van der Waals surface area contributed by atoms with Crippen molar-refractivity contribution in [3.8, 4) is 11.5 Å². The molecule has 0 N–H and O–H groups in total. The van der Waals surface area contributed by atoms with Crippen molar-refractivity contribution in [3.05, 3.63) is 53.4 Å². The summed E-state index contributed by atoms with van der Waals surface area (Å²) in [4.78, 5) is 7.21. The molecule has 0 amide bonds. The van der Waals surface area contributed by atoms with Crippen LogP contribution in [0.2, 0.25) is 0 Å². The number of rotatable bonds is 5. The van der Waals surface area contributed by atoms with E-state index in [9.17, 15) is 0 Å². The second-order valence-electron chi connectivity index (χ2n) is 8.20. The minimum atomic E-state index is 0.252. The number of nitrogens with zero attached hydrogens (tertiary/aromatic N) is 2. The van der Waals surface area contributed by atoms with E-state index in [1.807, 2.05) is 31.2 Å². The van der Waals surface area contributed by atoms with Gasteiger partial charge in [0.15, 0.2) is 11.5 Å². The van der Waals surface area contributed by atoms with Gasteiger partial charge < -0.3 is 13.9 Å². The van der Waals surface area contributed by atoms with Crippen LogP contribution in [0.4, 0.5) is 0 Å². The van der Waals surface area contributed by atoms with Crippen molar-refractivity contribution in [1.29, 1.82) is 0 Å². The molecule has 1 atom stereocenters. The number of aromatic nitrogens is 1. The molecule has 5 rings (SSSR count). The third kappa shape index (κ3) is 3.71. The number of para-hydroxylation sites is 2. The molecule has 3 aromatic rings. The van der Waals surface area contributed by atoms with Gasteiger partial charge in [-0.1, -0.05) is 12.1 Å². The van der Waals surface area contributed by atoms with Crippen LogP contribution in [0.15, 0.2) is 40.8 Å². The maximum atomic E-state index is 6.01. The Balaban J connectivity index is 1.27. The van der Waals surface area contributed by atoms with Crippen LogP contribution < -0.4 is 9.47 Å². The molecular formula is C24H28N2O3. The highest BCUT2D eigenvalue weighted by atomic mass is 16.5. The fourth-order valence-electron chi connectivity index (χ4n) is 4.54. The Labute approximate surface area is 171 Å². The molecule has 2 aromatic carbocycles. The number of likely N-dealkylation sites (tertiary alicyclic amines) is 1. The lowest BCUT2D eigenvalue weighted by Gasteiger charge is -2.31. The largest absolute Gasteiger partial charge is 0.494 e. The van der Waals surface area contributed by atoms with Gasteiger partial charge in [-0.3, -0.25) is 4.90 Å². The lowest BCUT2D eigenvalue weighted by molar-refractivity contribution is 0.190. The Bertz CT molecular complexity index is 972. The molecule has 1 unspecified atom stereocenters. The second kappa shape index (κ2) is 7.71. The molecule has 1 saturated heterocycles. The fraction of sp³-hybridized carbons (Fsp3) is 0.458. The van der Waals surface area contributed by atoms with Crippen LogP contribution in [-0.2, 0) is 13.0 Å². The molecule has 0 spiro atoms. The van der Waals surface area contributed by atoms with Crippen molar-refractivity contribution in [1.82, 2.24) is 9.88 Å². The van der Waals surface area contributed by atoms with Gasteiger partial charge in [-0.05, 0) is 64.0 Å². The monoisotopic (exact) mass is 392 g/mol. The predicted octanol–water partition coefficient (Wildman–Crippen LogP) is 4.93. The van der Waals surface area contributed by atoms with Gasteiger partial charge in [0, 0.05) is 30.0 Å². The molecule has 3 heterocycles. The Morgan fingerprint density at radius 1 is 1.17 bits per heavy atom. The molecule has 0 saturated carbocycles. The van der Waals surface area contributed by atoms with Crippen molar-refractivity contribution < 1.29 is 13.9 Å². The van der Waals surface area contributed by atoms with Gasteiger partial charge in [0.1, 0.15) is 23.1 Å². The molecule has 0 bridgehead atoms. The van der Waals surface area contributed by atoms with E-state index < -0.39 is 0 Å². The number of fused-ring (bicyclic) bond motifs is 2. The molecule has 0 aliphatic carbocycles. The summed E-state index contributed by atoms with van der Waals surface area (Å²) in [7, 11) is 0. The van der Waals surface area contributed by atoms with E-state index in [2.05, 4.69) is 24.0 Å². The summed E-state index contributed by atoms with van der Waals surface area (Å²) in [5.74, 6) is 3.32. The maximum Gasteiger partial charge on any atom is 0.198 e. The van der Waals surface area contributed by atoms with Crippen molar-refractivity contribution >= 4 is 11.1 Å². The molecular weight excluding hydrogens is 364 g/mol. The minimum absolute atomic E-state index is 0.252.